The molecule has 0 aromatic rings. The Labute approximate surface area is 110 Å². The molecular weight excluding hydrogens is 228 g/mol. The van der Waals surface area contributed by atoms with Crippen molar-refractivity contribution in [1.29, 1.82) is 0 Å². The first-order valence-corrected chi connectivity index (χ1v) is 7.08. The van der Waals surface area contributed by atoms with Crippen LogP contribution < -0.4 is 10.6 Å². The maximum Gasteiger partial charge on any atom is 0.242 e. The van der Waals surface area contributed by atoms with Crippen molar-refractivity contribution in [1.82, 2.24) is 10.6 Å². The lowest BCUT2D eigenvalue weighted by Crippen LogP contribution is -2.46. The minimum absolute atomic E-state index is 0.0407. The molecule has 1 unspecified atom stereocenters. The van der Waals surface area contributed by atoms with E-state index in [0.29, 0.717) is 12.5 Å². The van der Waals surface area contributed by atoms with Crippen LogP contribution in [0.15, 0.2) is 0 Å². The molecule has 18 heavy (non-hydrogen) atoms. The van der Waals surface area contributed by atoms with Crippen LogP contribution in [0.25, 0.3) is 0 Å². The first-order valence-electron chi connectivity index (χ1n) is 7.08. The highest BCUT2D eigenvalue weighted by Crippen LogP contribution is 2.24. The van der Waals surface area contributed by atoms with Crippen LogP contribution in [-0.2, 0) is 9.59 Å². The number of nitrogens with one attached hydrogen (secondary N) is 2. The van der Waals surface area contributed by atoms with Crippen LogP contribution in [0.3, 0.4) is 0 Å². The summed E-state index contributed by atoms with van der Waals surface area (Å²) in [6.45, 7) is 6.67. The van der Waals surface area contributed by atoms with Crippen LogP contribution in [-0.4, -0.2) is 24.4 Å². The molecule has 0 heterocycles. The summed E-state index contributed by atoms with van der Waals surface area (Å²) >= 11 is 0. The average molecular weight is 254 g/mol. The molecule has 0 spiro atoms. The van der Waals surface area contributed by atoms with Crippen molar-refractivity contribution in [3.8, 4) is 0 Å². The minimum atomic E-state index is -0.426. The molecule has 1 rings (SSSR count). The lowest BCUT2D eigenvalue weighted by atomic mass is 10.1. The summed E-state index contributed by atoms with van der Waals surface area (Å²) in [4.78, 5) is 23.6. The molecule has 1 aliphatic rings. The molecule has 0 radical (unpaired) electrons. The Hall–Kier alpha value is -1.06. The maximum atomic E-state index is 11.9. The lowest BCUT2D eigenvalue weighted by molar-refractivity contribution is -0.130. The molecule has 1 atom stereocenters. The zero-order valence-corrected chi connectivity index (χ0v) is 11.8. The molecule has 1 saturated carbocycles. The standard InChI is InChI=1S/C14H26N2O2/c1-10(2)8-9-15-13(17)11(3)16-14(18)12-6-4-5-7-12/h10-12H,4-9H2,1-3H3,(H,15,17)(H,16,18). The van der Waals surface area contributed by atoms with E-state index >= 15 is 0 Å². The molecule has 0 aromatic carbocycles. The highest BCUT2D eigenvalue weighted by molar-refractivity contribution is 5.88. The summed E-state index contributed by atoms with van der Waals surface area (Å²) in [5.41, 5.74) is 0. The first kappa shape index (κ1) is 15.0. The summed E-state index contributed by atoms with van der Waals surface area (Å²) in [5, 5.41) is 5.66. The highest BCUT2D eigenvalue weighted by atomic mass is 16.2. The van der Waals surface area contributed by atoms with Crippen LogP contribution in [0.1, 0.15) is 52.9 Å². The number of rotatable bonds is 6. The van der Waals surface area contributed by atoms with Gasteiger partial charge in [-0.15, -0.1) is 0 Å². The Balaban J connectivity index is 2.23. The summed E-state index contributed by atoms with van der Waals surface area (Å²) in [6.07, 6.45) is 5.16. The van der Waals surface area contributed by atoms with Gasteiger partial charge in [0.2, 0.25) is 11.8 Å². The summed E-state index contributed by atoms with van der Waals surface area (Å²) in [7, 11) is 0. The molecule has 0 bridgehead atoms. The Bertz CT molecular complexity index is 284. The van der Waals surface area contributed by atoms with Gasteiger partial charge in [0, 0.05) is 12.5 Å². The average Bonchev–Trinajstić information content (AvgIpc) is 2.81. The largest absolute Gasteiger partial charge is 0.354 e. The quantitative estimate of drug-likeness (QED) is 0.760. The third-order valence-electron chi connectivity index (χ3n) is 3.50. The van der Waals surface area contributed by atoms with Crippen LogP contribution in [0.5, 0.6) is 0 Å². The Kier molecular flexibility index (Phi) is 6.16. The van der Waals surface area contributed by atoms with Gasteiger partial charge in [0.25, 0.3) is 0 Å². The van der Waals surface area contributed by atoms with Crippen molar-refractivity contribution < 1.29 is 9.59 Å². The third-order valence-corrected chi connectivity index (χ3v) is 3.50. The van der Waals surface area contributed by atoms with Crippen molar-refractivity contribution >= 4 is 11.8 Å². The van der Waals surface area contributed by atoms with Crippen molar-refractivity contribution in [3.63, 3.8) is 0 Å². The monoisotopic (exact) mass is 254 g/mol. The zero-order chi connectivity index (χ0) is 13.5. The third kappa shape index (κ3) is 5.07. The van der Waals surface area contributed by atoms with Gasteiger partial charge < -0.3 is 10.6 Å². The van der Waals surface area contributed by atoms with Gasteiger partial charge in [-0.25, -0.2) is 0 Å². The van der Waals surface area contributed by atoms with Gasteiger partial charge >= 0.3 is 0 Å². The van der Waals surface area contributed by atoms with Crippen molar-refractivity contribution in [2.24, 2.45) is 11.8 Å². The topological polar surface area (TPSA) is 58.2 Å². The van der Waals surface area contributed by atoms with E-state index in [2.05, 4.69) is 24.5 Å². The number of amides is 2. The van der Waals surface area contributed by atoms with E-state index in [0.717, 1.165) is 32.1 Å². The molecule has 0 saturated heterocycles. The number of hydrogen-bond acceptors (Lipinski definition) is 2. The molecule has 4 nitrogen and oxygen atoms in total. The fourth-order valence-corrected chi connectivity index (χ4v) is 2.22. The second-order valence-electron chi connectivity index (χ2n) is 5.69. The summed E-state index contributed by atoms with van der Waals surface area (Å²) < 4.78 is 0. The van der Waals surface area contributed by atoms with Crippen molar-refractivity contribution in [3.05, 3.63) is 0 Å². The van der Waals surface area contributed by atoms with Gasteiger partial charge in [-0.3, -0.25) is 9.59 Å². The fourth-order valence-electron chi connectivity index (χ4n) is 2.22. The van der Waals surface area contributed by atoms with E-state index < -0.39 is 6.04 Å². The Morgan fingerprint density at radius 1 is 1.17 bits per heavy atom. The number of hydrogen-bond donors (Lipinski definition) is 2. The number of carbonyl (C=O) groups excluding carboxylic acids is 2. The van der Waals surface area contributed by atoms with Gasteiger partial charge in [0.15, 0.2) is 0 Å². The smallest absolute Gasteiger partial charge is 0.242 e. The SMILES string of the molecule is CC(C)CCNC(=O)C(C)NC(=O)C1CCCC1. The van der Waals surface area contributed by atoms with Gasteiger partial charge in [-0.2, -0.15) is 0 Å². The van der Waals surface area contributed by atoms with Gasteiger partial charge in [-0.05, 0) is 32.1 Å². The molecule has 0 aliphatic heterocycles. The lowest BCUT2D eigenvalue weighted by Gasteiger charge is -2.17. The Morgan fingerprint density at radius 2 is 1.78 bits per heavy atom. The first-order chi connectivity index (χ1) is 8.50. The minimum Gasteiger partial charge on any atom is -0.354 e. The molecule has 0 aromatic heterocycles. The molecule has 2 N–H and O–H groups in total. The second-order valence-corrected chi connectivity index (χ2v) is 5.69. The molecule has 4 heteroatoms. The molecule has 104 valence electrons. The number of carbonyl (C=O) groups is 2. The van der Waals surface area contributed by atoms with E-state index in [9.17, 15) is 9.59 Å². The highest BCUT2D eigenvalue weighted by Gasteiger charge is 2.25. The van der Waals surface area contributed by atoms with E-state index in [1.54, 1.807) is 6.92 Å². The molecule has 1 fully saturated rings. The van der Waals surface area contributed by atoms with Gasteiger partial charge in [-0.1, -0.05) is 26.7 Å². The van der Waals surface area contributed by atoms with Gasteiger partial charge in [0.05, 0.1) is 0 Å². The van der Waals surface area contributed by atoms with Crippen LogP contribution >= 0.6 is 0 Å². The second kappa shape index (κ2) is 7.39. The van der Waals surface area contributed by atoms with Crippen LogP contribution in [0.4, 0.5) is 0 Å². The Morgan fingerprint density at radius 3 is 2.33 bits per heavy atom. The maximum absolute atomic E-state index is 11.9. The van der Waals surface area contributed by atoms with E-state index in [1.165, 1.54) is 0 Å². The van der Waals surface area contributed by atoms with Crippen molar-refractivity contribution in [2.75, 3.05) is 6.54 Å². The summed E-state index contributed by atoms with van der Waals surface area (Å²) in [6, 6.07) is -0.426. The van der Waals surface area contributed by atoms with E-state index in [1.807, 2.05) is 0 Å². The summed E-state index contributed by atoms with van der Waals surface area (Å²) in [5.74, 6) is 0.658. The van der Waals surface area contributed by atoms with E-state index in [-0.39, 0.29) is 17.7 Å². The molecular formula is C14H26N2O2. The van der Waals surface area contributed by atoms with Crippen LogP contribution in [0.2, 0.25) is 0 Å². The fraction of sp³-hybridized carbons (Fsp3) is 0.857. The predicted octanol–water partition coefficient (Wildman–Crippen LogP) is 1.84. The molecule has 1 aliphatic carbocycles. The molecule has 2 amide bonds. The normalized spacial score (nSPS) is 17.8. The van der Waals surface area contributed by atoms with Gasteiger partial charge in [0.1, 0.15) is 6.04 Å². The van der Waals surface area contributed by atoms with E-state index in [4.69, 9.17) is 0 Å². The van der Waals surface area contributed by atoms with Crippen molar-refractivity contribution in [2.45, 2.75) is 58.9 Å². The predicted molar refractivity (Wildman–Crippen MR) is 72.0 cm³/mol. The zero-order valence-electron chi connectivity index (χ0n) is 11.8. The van der Waals surface area contributed by atoms with Crippen LogP contribution in [0, 0.1) is 11.8 Å².